The van der Waals surface area contributed by atoms with Crippen LogP contribution in [0.3, 0.4) is 0 Å². The number of phosphoric ester groups is 1. The molecule has 0 radical (unpaired) electrons. The van der Waals surface area contributed by atoms with Gasteiger partial charge in [-0.25, -0.2) is 13.9 Å². The predicted molar refractivity (Wildman–Crippen MR) is 84.1 cm³/mol. The van der Waals surface area contributed by atoms with Crippen LogP contribution in [-0.2, 0) is 22.7 Å². The smallest absolute Gasteiger partial charge is 0.390 e. The minimum absolute atomic E-state index is 0.0208. The summed E-state index contributed by atoms with van der Waals surface area (Å²) < 4.78 is 36.8. The van der Waals surface area contributed by atoms with Crippen LogP contribution in [0.1, 0.15) is 18.2 Å². The standard InChI is InChI=1S/C10H16N2O10P2S/c1-5-3-12(10(14)11-9(5)25)8-2-6(13)7(21-8)4-20-24(18,19)22-23(15,16)17/h3,6-8,13H,2,4H2,1H3,(H,18,19)(H,11,14,25)(H2,15,16,17)/t6-,7+,8+/m0/s1. The van der Waals surface area contributed by atoms with E-state index < -0.39 is 46.4 Å². The van der Waals surface area contributed by atoms with E-state index in [0.29, 0.717) is 5.56 Å². The van der Waals surface area contributed by atoms with Gasteiger partial charge in [0.2, 0.25) is 0 Å². The number of hydrogen-bond acceptors (Lipinski definition) is 8. The highest BCUT2D eigenvalue weighted by Crippen LogP contribution is 2.57. The van der Waals surface area contributed by atoms with Crippen molar-refractivity contribution in [2.75, 3.05) is 6.61 Å². The van der Waals surface area contributed by atoms with Crippen molar-refractivity contribution < 1.29 is 42.5 Å². The van der Waals surface area contributed by atoms with E-state index in [1.807, 2.05) is 0 Å². The molecule has 5 N–H and O–H groups in total. The van der Waals surface area contributed by atoms with Crippen LogP contribution < -0.4 is 5.69 Å². The highest BCUT2D eigenvalue weighted by atomic mass is 32.1. The molecular formula is C10H16N2O10P2S. The molecule has 4 atom stereocenters. The zero-order valence-electron chi connectivity index (χ0n) is 12.7. The second-order valence-corrected chi connectivity index (χ2v) is 8.49. The maximum Gasteiger partial charge on any atom is 0.481 e. The molecule has 1 fully saturated rings. The highest BCUT2D eigenvalue weighted by Gasteiger charge is 2.39. The summed E-state index contributed by atoms with van der Waals surface area (Å²) in [5.74, 6) is 0. The lowest BCUT2D eigenvalue weighted by atomic mass is 10.2. The molecule has 2 rings (SSSR count). The van der Waals surface area contributed by atoms with Crippen LogP contribution in [0.4, 0.5) is 0 Å². The van der Waals surface area contributed by atoms with Gasteiger partial charge in [-0.05, 0) is 6.92 Å². The molecule has 0 saturated carbocycles. The fraction of sp³-hybridized carbons (Fsp3) is 0.600. The number of rotatable bonds is 6. The number of aromatic nitrogens is 2. The van der Waals surface area contributed by atoms with E-state index >= 15 is 0 Å². The van der Waals surface area contributed by atoms with E-state index in [4.69, 9.17) is 26.7 Å². The second kappa shape index (κ2) is 7.49. The number of nitrogens with zero attached hydrogens (tertiary/aromatic N) is 1. The molecule has 1 aliphatic rings. The molecule has 0 spiro atoms. The van der Waals surface area contributed by atoms with Gasteiger partial charge in [0.1, 0.15) is 17.0 Å². The third-order valence-electron chi connectivity index (χ3n) is 3.27. The van der Waals surface area contributed by atoms with Crippen LogP contribution >= 0.6 is 27.9 Å². The Balaban J connectivity index is 2.06. The molecule has 0 bridgehead atoms. The molecule has 1 aliphatic heterocycles. The van der Waals surface area contributed by atoms with Gasteiger partial charge in [0.05, 0.1) is 12.7 Å². The van der Waals surface area contributed by atoms with Crippen LogP contribution in [-0.4, -0.2) is 48.2 Å². The third kappa shape index (κ3) is 5.63. The van der Waals surface area contributed by atoms with Gasteiger partial charge in [0.15, 0.2) is 0 Å². The lowest BCUT2D eigenvalue weighted by Crippen LogP contribution is -2.28. The fourth-order valence-electron chi connectivity index (χ4n) is 2.16. The minimum Gasteiger partial charge on any atom is -0.390 e. The van der Waals surface area contributed by atoms with E-state index in [1.54, 1.807) is 6.92 Å². The van der Waals surface area contributed by atoms with Crippen molar-refractivity contribution >= 4 is 27.9 Å². The maximum atomic E-state index is 11.9. The Bertz CT molecular complexity index is 847. The molecule has 1 aromatic rings. The molecule has 12 nitrogen and oxygen atoms in total. The molecule has 142 valence electrons. The molecule has 0 aromatic carbocycles. The lowest BCUT2D eigenvalue weighted by Gasteiger charge is -2.18. The summed E-state index contributed by atoms with van der Waals surface area (Å²) >= 11 is 4.93. The number of nitrogens with one attached hydrogen (secondary N) is 1. The number of phosphoric acid groups is 2. The van der Waals surface area contributed by atoms with Crippen LogP contribution in [0, 0.1) is 11.6 Å². The number of aliphatic hydroxyl groups is 1. The average molecular weight is 418 g/mol. The summed E-state index contributed by atoms with van der Waals surface area (Å²) in [7, 11) is -10.3. The summed E-state index contributed by atoms with van der Waals surface area (Å²) in [6.45, 7) is 0.976. The lowest BCUT2D eigenvalue weighted by molar-refractivity contribution is -0.0450. The minimum atomic E-state index is -5.24. The first kappa shape index (κ1) is 20.6. The third-order valence-corrected chi connectivity index (χ3v) is 5.85. The molecule has 15 heteroatoms. The predicted octanol–water partition coefficient (Wildman–Crippen LogP) is 0.0890. The van der Waals surface area contributed by atoms with E-state index in [2.05, 4.69) is 13.8 Å². The van der Waals surface area contributed by atoms with Crippen LogP contribution in [0.5, 0.6) is 0 Å². The van der Waals surface area contributed by atoms with E-state index in [0.717, 1.165) is 0 Å². The molecule has 0 amide bonds. The van der Waals surface area contributed by atoms with Crippen molar-refractivity contribution in [3.63, 3.8) is 0 Å². The fourth-order valence-corrected chi connectivity index (χ4v) is 3.90. The summed E-state index contributed by atoms with van der Waals surface area (Å²) in [6.07, 6.45) is -1.75. The van der Waals surface area contributed by atoms with Gasteiger partial charge in [-0.1, -0.05) is 12.2 Å². The summed E-state index contributed by atoms with van der Waals surface area (Å²) in [4.78, 5) is 40.6. The maximum absolute atomic E-state index is 11.9. The number of H-pyrrole nitrogens is 1. The number of aromatic amines is 1. The molecule has 1 unspecified atom stereocenters. The summed E-state index contributed by atoms with van der Waals surface area (Å²) in [5, 5.41) is 9.95. The number of ether oxygens (including phenoxy) is 1. The molecule has 1 saturated heterocycles. The largest absolute Gasteiger partial charge is 0.481 e. The number of hydrogen-bond donors (Lipinski definition) is 5. The molecule has 2 heterocycles. The molecule has 1 aromatic heterocycles. The highest BCUT2D eigenvalue weighted by molar-refractivity contribution is 7.71. The molecular weight excluding hydrogens is 402 g/mol. The van der Waals surface area contributed by atoms with Crippen LogP contribution in [0.25, 0.3) is 0 Å². The van der Waals surface area contributed by atoms with Gasteiger partial charge in [0.25, 0.3) is 0 Å². The first-order valence-electron chi connectivity index (χ1n) is 6.78. The Labute approximate surface area is 145 Å². The first-order valence-corrected chi connectivity index (χ1v) is 10.2. The quantitative estimate of drug-likeness (QED) is 0.312. The number of aliphatic hydroxyl groups excluding tert-OH is 1. The van der Waals surface area contributed by atoms with Crippen LogP contribution in [0.2, 0.25) is 0 Å². The van der Waals surface area contributed by atoms with Gasteiger partial charge < -0.3 is 24.5 Å². The van der Waals surface area contributed by atoms with Crippen molar-refractivity contribution in [2.45, 2.75) is 31.8 Å². The Morgan fingerprint density at radius 1 is 1.44 bits per heavy atom. The van der Waals surface area contributed by atoms with Gasteiger partial charge in [-0.3, -0.25) is 14.1 Å². The van der Waals surface area contributed by atoms with Gasteiger partial charge in [0, 0.05) is 18.2 Å². The molecule has 0 aliphatic carbocycles. The summed E-state index contributed by atoms with van der Waals surface area (Å²) in [5.41, 5.74) is 0.0364. The van der Waals surface area contributed by atoms with Crippen molar-refractivity contribution in [1.82, 2.24) is 9.55 Å². The monoisotopic (exact) mass is 418 g/mol. The van der Waals surface area contributed by atoms with E-state index in [-0.39, 0.29) is 11.1 Å². The van der Waals surface area contributed by atoms with E-state index in [1.165, 1.54) is 10.8 Å². The first-order chi connectivity index (χ1) is 11.4. The van der Waals surface area contributed by atoms with Crippen molar-refractivity contribution in [3.8, 4) is 0 Å². The SMILES string of the molecule is Cc1cn([C@H]2C[C@H](O)[C@@H](COP(=O)(O)OP(=O)(O)O)O2)c(=O)[nH]c1=S. The van der Waals surface area contributed by atoms with Gasteiger partial charge in [-0.15, -0.1) is 0 Å². The molecule has 25 heavy (non-hydrogen) atoms. The van der Waals surface area contributed by atoms with Gasteiger partial charge in [-0.2, -0.15) is 4.31 Å². The van der Waals surface area contributed by atoms with Crippen LogP contribution in [0.15, 0.2) is 11.0 Å². The summed E-state index contributed by atoms with van der Waals surface area (Å²) in [6, 6.07) is 0. The van der Waals surface area contributed by atoms with E-state index in [9.17, 15) is 23.9 Å². The zero-order chi connectivity index (χ0) is 19.0. The van der Waals surface area contributed by atoms with Crippen molar-refractivity contribution in [1.29, 1.82) is 0 Å². The second-order valence-electron chi connectivity index (χ2n) is 5.25. The van der Waals surface area contributed by atoms with Crippen molar-refractivity contribution in [2.24, 2.45) is 0 Å². The normalized spacial score (nSPS) is 26.5. The Morgan fingerprint density at radius 2 is 2.08 bits per heavy atom. The Hall–Kier alpha value is -0.720. The zero-order valence-corrected chi connectivity index (χ0v) is 15.3. The number of aryl methyl sites for hydroxylation is 1. The average Bonchev–Trinajstić information content (AvgIpc) is 2.79. The van der Waals surface area contributed by atoms with Gasteiger partial charge >= 0.3 is 21.3 Å². The Kier molecular flexibility index (Phi) is 6.17. The topological polar surface area (TPSA) is 181 Å². The van der Waals surface area contributed by atoms with Crippen molar-refractivity contribution in [3.05, 3.63) is 26.9 Å². The Morgan fingerprint density at radius 3 is 2.68 bits per heavy atom.